The molecule has 0 heterocycles. The van der Waals surface area contributed by atoms with E-state index in [4.69, 9.17) is 0 Å². The Morgan fingerprint density at radius 2 is 1.76 bits per heavy atom. The van der Waals surface area contributed by atoms with E-state index in [2.05, 4.69) is 19.9 Å². The zero-order valence-electron chi connectivity index (χ0n) is 10.3. The van der Waals surface area contributed by atoms with E-state index in [0.717, 1.165) is 22.4 Å². The molecule has 0 fully saturated rings. The third-order valence-electron chi connectivity index (χ3n) is 2.81. The molecule has 17 heavy (non-hydrogen) atoms. The van der Waals surface area contributed by atoms with Gasteiger partial charge in [-0.05, 0) is 35.6 Å². The molecule has 0 radical (unpaired) electrons. The SMILES string of the molecule is CC(C)CCSc1ccc(O)c2ccccc12. The first-order valence-electron chi connectivity index (χ1n) is 6.02. The Balaban J connectivity index is 2.26. The van der Waals surface area contributed by atoms with Gasteiger partial charge in [-0.1, -0.05) is 38.1 Å². The van der Waals surface area contributed by atoms with Crippen molar-refractivity contribution in [3.8, 4) is 5.75 Å². The molecular formula is C15H18OS. The molecule has 0 amide bonds. The van der Waals surface area contributed by atoms with E-state index in [9.17, 15) is 5.11 Å². The van der Waals surface area contributed by atoms with Crippen molar-refractivity contribution in [2.45, 2.75) is 25.2 Å². The summed E-state index contributed by atoms with van der Waals surface area (Å²) in [7, 11) is 0. The fraction of sp³-hybridized carbons (Fsp3) is 0.333. The minimum Gasteiger partial charge on any atom is -0.507 e. The van der Waals surface area contributed by atoms with E-state index >= 15 is 0 Å². The second kappa shape index (κ2) is 5.46. The van der Waals surface area contributed by atoms with Crippen molar-refractivity contribution >= 4 is 22.5 Å². The van der Waals surface area contributed by atoms with Gasteiger partial charge in [-0.2, -0.15) is 0 Å². The average Bonchev–Trinajstić information content (AvgIpc) is 2.32. The number of rotatable bonds is 4. The first-order chi connectivity index (χ1) is 8.18. The van der Waals surface area contributed by atoms with Crippen molar-refractivity contribution in [1.29, 1.82) is 0 Å². The molecule has 0 saturated carbocycles. The van der Waals surface area contributed by atoms with Crippen LogP contribution >= 0.6 is 11.8 Å². The molecule has 0 aliphatic heterocycles. The molecule has 1 N–H and O–H groups in total. The number of aromatic hydroxyl groups is 1. The highest BCUT2D eigenvalue weighted by molar-refractivity contribution is 7.99. The smallest absolute Gasteiger partial charge is 0.123 e. The van der Waals surface area contributed by atoms with Gasteiger partial charge in [0.2, 0.25) is 0 Å². The van der Waals surface area contributed by atoms with Gasteiger partial charge >= 0.3 is 0 Å². The van der Waals surface area contributed by atoms with Crippen LogP contribution in [0.4, 0.5) is 0 Å². The van der Waals surface area contributed by atoms with E-state index in [1.165, 1.54) is 11.3 Å². The van der Waals surface area contributed by atoms with Crippen molar-refractivity contribution in [1.82, 2.24) is 0 Å². The molecule has 0 spiro atoms. The maximum atomic E-state index is 9.80. The van der Waals surface area contributed by atoms with Gasteiger partial charge in [0.25, 0.3) is 0 Å². The van der Waals surface area contributed by atoms with Crippen molar-refractivity contribution in [3.63, 3.8) is 0 Å². The zero-order valence-corrected chi connectivity index (χ0v) is 11.1. The second-order valence-corrected chi connectivity index (χ2v) is 5.80. The van der Waals surface area contributed by atoms with Crippen LogP contribution < -0.4 is 0 Å². The van der Waals surface area contributed by atoms with Gasteiger partial charge in [0.15, 0.2) is 0 Å². The van der Waals surface area contributed by atoms with Crippen LogP contribution in [0, 0.1) is 5.92 Å². The molecule has 0 aromatic heterocycles. The molecule has 2 aromatic carbocycles. The monoisotopic (exact) mass is 246 g/mol. The normalized spacial score (nSPS) is 11.2. The quantitative estimate of drug-likeness (QED) is 0.790. The van der Waals surface area contributed by atoms with Crippen LogP contribution in [0.2, 0.25) is 0 Å². The van der Waals surface area contributed by atoms with E-state index in [-0.39, 0.29) is 0 Å². The van der Waals surface area contributed by atoms with Gasteiger partial charge < -0.3 is 5.11 Å². The topological polar surface area (TPSA) is 20.2 Å². The van der Waals surface area contributed by atoms with Crippen LogP contribution in [-0.4, -0.2) is 10.9 Å². The molecule has 0 aliphatic rings. The summed E-state index contributed by atoms with van der Waals surface area (Å²) in [6.45, 7) is 4.49. The molecule has 2 rings (SSSR count). The van der Waals surface area contributed by atoms with E-state index in [1.54, 1.807) is 6.07 Å². The van der Waals surface area contributed by atoms with Crippen LogP contribution in [0.3, 0.4) is 0 Å². The maximum absolute atomic E-state index is 9.80. The first-order valence-corrected chi connectivity index (χ1v) is 7.00. The van der Waals surface area contributed by atoms with Crippen molar-refractivity contribution in [2.75, 3.05) is 5.75 Å². The Bertz CT molecular complexity index is 505. The Morgan fingerprint density at radius 1 is 1.06 bits per heavy atom. The van der Waals surface area contributed by atoms with Crippen molar-refractivity contribution in [2.24, 2.45) is 5.92 Å². The van der Waals surface area contributed by atoms with Crippen LogP contribution in [0.1, 0.15) is 20.3 Å². The van der Waals surface area contributed by atoms with Gasteiger partial charge in [0.1, 0.15) is 5.75 Å². The molecule has 2 heteroatoms. The fourth-order valence-electron chi connectivity index (χ4n) is 1.79. The third kappa shape index (κ3) is 2.95. The number of phenols is 1. The number of hydrogen-bond acceptors (Lipinski definition) is 2. The number of hydrogen-bond donors (Lipinski definition) is 1. The average molecular weight is 246 g/mol. The lowest BCUT2D eigenvalue weighted by atomic mass is 10.1. The molecule has 1 nitrogen and oxygen atoms in total. The predicted molar refractivity (Wildman–Crippen MR) is 75.8 cm³/mol. The molecule has 0 atom stereocenters. The maximum Gasteiger partial charge on any atom is 0.123 e. The van der Waals surface area contributed by atoms with Crippen molar-refractivity contribution in [3.05, 3.63) is 36.4 Å². The molecule has 0 aliphatic carbocycles. The number of fused-ring (bicyclic) bond motifs is 1. The summed E-state index contributed by atoms with van der Waals surface area (Å²) in [5.41, 5.74) is 0. The summed E-state index contributed by atoms with van der Waals surface area (Å²) in [4.78, 5) is 1.26. The highest BCUT2D eigenvalue weighted by Gasteiger charge is 2.05. The number of phenolic OH excluding ortho intramolecular Hbond substituents is 1. The van der Waals surface area contributed by atoms with E-state index < -0.39 is 0 Å². The van der Waals surface area contributed by atoms with Gasteiger partial charge in [-0.15, -0.1) is 11.8 Å². The van der Waals surface area contributed by atoms with Gasteiger partial charge in [-0.3, -0.25) is 0 Å². The Labute approximate surface area is 107 Å². The lowest BCUT2D eigenvalue weighted by molar-refractivity contribution is 0.481. The van der Waals surface area contributed by atoms with Crippen molar-refractivity contribution < 1.29 is 5.11 Å². The molecule has 0 unspecified atom stereocenters. The van der Waals surface area contributed by atoms with E-state index in [0.29, 0.717) is 5.75 Å². The summed E-state index contributed by atoms with van der Waals surface area (Å²) in [6, 6.07) is 11.8. The first kappa shape index (κ1) is 12.3. The minimum absolute atomic E-state index is 0.369. The van der Waals surface area contributed by atoms with Gasteiger partial charge in [-0.25, -0.2) is 0 Å². The Kier molecular flexibility index (Phi) is 3.95. The van der Waals surface area contributed by atoms with Crippen LogP contribution in [0.25, 0.3) is 10.8 Å². The molecule has 0 bridgehead atoms. The summed E-state index contributed by atoms with van der Waals surface area (Å²) in [5.74, 6) is 2.24. The minimum atomic E-state index is 0.369. The number of thioether (sulfide) groups is 1. The number of benzene rings is 2. The zero-order chi connectivity index (χ0) is 12.3. The van der Waals surface area contributed by atoms with E-state index in [1.807, 2.05) is 36.0 Å². The Hall–Kier alpha value is -1.15. The molecular weight excluding hydrogens is 228 g/mol. The van der Waals surface area contributed by atoms with Gasteiger partial charge in [0.05, 0.1) is 0 Å². The highest BCUT2D eigenvalue weighted by Crippen LogP contribution is 2.33. The van der Waals surface area contributed by atoms with Crippen LogP contribution in [0.15, 0.2) is 41.3 Å². The third-order valence-corrected chi connectivity index (χ3v) is 3.92. The Morgan fingerprint density at radius 3 is 2.47 bits per heavy atom. The molecule has 90 valence electrons. The van der Waals surface area contributed by atoms with Crippen LogP contribution in [-0.2, 0) is 0 Å². The second-order valence-electron chi connectivity index (χ2n) is 4.66. The molecule has 0 saturated heterocycles. The summed E-state index contributed by atoms with van der Waals surface area (Å²) in [5, 5.41) is 11.9. The molecule has 2 aromatic rings. The fourth-order valence-corrected chi connectivity index (χ4v) is 3.09. The lowest BCUT2D eigenvalue weighted by Crippen LogP contribution is -1.89. The lowest BCUT2D eigenvalue weighted by Gasteiger charge is -2.08. The summed E-state index contributed by atoms with van der Waals surface area (Å²) < 4.78 is 0. The predicted octanol–water partition coefficient (Wildman–Crippen LogP) is 4.68. The summed E-state index contributed by atoms with van der Waals surface area (Å²) >= 11 is 1.88. The highest BCUT2D eigenvalue weighted by atomic mass is 32.2. The van der Waals surface area contributed by atoms with Gasteiger partial charge in [0, 0.05) is 10.3 Å². The largest absolute Gasteiger partial charge is 0.507 e. The van der Waals surface area contributed by atoms with Crippen LogP contribution in [0.5, 0.6) is 5.75 Å². The standard InChI is InChI=1S/C15H18OS/c1-11(2)9-10-17-15-8-7-14(16)12-5-3-4-6-13(12)15/h3-8,11,16H,9-10H2,1-2H3. The summed E-state index contributed by atoms with van der Waals surface area (Å²) in [6.07, 6.45) is 1.22.